The molecule has 0 atom stereocenters. The lowest BCUT2D eigenvalue weighted by molar-refractivity contribution is 0.102. The summed E-state index contributed by atoms with van der Waals surface area (Å²) < 4.78 is 2.49. The first-order chi connectivity index (χ1) is 13.1. The summed E-state index contributed by atoms with van der Waals surface area (Å²) >= 11 is 3.45. The number of nitrogens with zero attached hydrogens (tertiary/aromatic N) is 4. The molecule has 140 valence electrons. The minimum absolute atomic E-state index is 0.167. The molecule has 1 aromatic heterocycles. The molecule has 0 saturated heterocycles. The second kappa shape index (κ2) is 8.81. The maximum Gasteiger partial charge on any atom is 0.255 e. The van der Waals surface area contributed by atoms with E-state index in [1.54, 1.807) is 11.0 Å². The van der Waals surface area contributed by atoms with E-state index in [1.165, 1.54) is 6.33 Å². The number of anilines is 2. The summed E-state index contributed by atoms with van der Waals surface area (Å²) in [6, 6.07) is 13.3. The Morgan fingerprint density at radius 1 is 1.19 bits per heavy atom. The van der Waals surface area contributed by atoms with E-state index in [0.29, 0.717) is 11.3 Å². The fourth-order valence-corrected chi connectivity index (χ4v) is 3.26. The van der Waals surface area contributed by atoms with Crippen molar-refractivity contribution in [1.82, 2.24) is 14.8 Å². The lowest BCUT2D eigenvalue weighted by Crippen LogP contribution is -2.23. The quantitative estimate of drug-likeness (QED) is 0.601. The Morgan fingerprint density at radius 2 is 1.96 bits per heavy atom. The maximum absolute atomic E-state index is 12.7. The average Bonchev–Trinajstić information content (AvgIpc) is 3.21. The van der Waals surface area contributed by atoms with Crippen molar-refractivity contribution in [1.29, 1.82) is 0 Å². The Balaban J connectivity index is 1.81. The molecular weight excluding hydrogens is 406 g/mol. The van der Waals surface area contributed by atoms with Gasteiger partial charge in [-0.3, -0.25) is 4.79 Å². The topological polar surface area (TPSA) is 63.1 Å². The van der Waals surface area contributed by atoms with E-state index < -0.39 is 0 Å². The highest BCUT2D eigenvalue weighted by Gasteiger charge is 2.12. The van der Waals surface area contributed by atoms with Gasteiger partial charge in [-0.15, -0.1) is 0 Å². The summed E-state index contributed by atoms with van der Waals surface area (Å²) in [7, 11) is 0. The molecule has 0 saturated carbocycles. The molecule has 0 radical (unpaired) electrons. The molecule has 3 aromatic rings. The van der Waals surface area contributed by atoms with Crippen LogP contribution in [-0.4, -0.2) is 33.8 Å². The lowest BCUT2D eigenvalue weighted by atomic mass is 10.1. The second-order valence-corrected chi connectivity index (χ2v) is 7.00. The van der Waals surface area contributed by atoms with Crippen LogP contribution in [0.3, 0.4) is 0 Å². The molecule has 0 aliphatic carbocycles. The Kier molecular flexibility index (Phi) is 6.24. The van der Waals surface area contributed by atoms with E-state index in [9.17, 15) is 4.79 Å². The molecule has 6 nitrogen and oxygen atoms in total. The van der Waals surface area contributed by atoms with Crippen LogP contribution in [0.25, 0.3) is 5.69 Å². The standard InChI is InChI=1S/C20H22BrN5O/c1-3-11-25(4-2)17-8-5-15(6-9-17)20(27)24-18-12-16(21)7-10-19(18)26-14-22-13-23-26/h5-10,12-14H,3-4,11H2,1-2H3,(H,24,27). The Labute approximate surface area is 167 Å². The van der Waals surface area contributed by atoms with Crippen molar-refractivity contribution in [3.05, 3.63) is 65.2 Å². The summed E-state index contributed by atoms with van der Waals surface area (Å²) in [6.45, 7) is 6.24. The first kappa shape index (κ1) is 19.1. The zero-order valence-corrected chi connectivity index (χ0v) is 17.0. The van der Waals surface area contributed by atoms with Crippen LogP contribution in [0.15, 0.2) is 59.6 Å². The third kappa shape index (κ3) is 4.54. The highest BCUT2D eigenvalue weighted by Crippen LogP contribution is 2.25. The van der Waals surface area contributed by atoms with Gasteiger partial charge in [-0.05, 0) is 55.8 Å². The molecular formula is C20H22BrN5O. The van der Waals surface area contributed by atoms with Gasteiger partial charge in [0.1, 0.15) is 12.7 Å². The van der Waals surface area contributed by atoms with Crippen LogP contribution in [0.1, 0.15) is 30.6 Å². The minimum atomic E-state index is -0.167. The van der Waals surface area contributed by atoms with Crippen LogP contribution in [0.2, 0.25) is 0 Å². The Hall–Kier alpha value is -2.67. The average molecular weight is 428 g/mol. The Morgan fingerprint density at radius 3 is 2.59 bits per heavy atom. The zero-order valence-electron chi connectivity index (χ0n) is 15.4. The largest absolute Gasteiger partial charge is 0.372 e. The van der Waals surface area contributed by atoms with E-state index in [1.807, 2.05) is 42.5 Å². The molecule has 0 fully saturated rings. The van der Waals surface area contributed by atoms with Gasteiger partial charge in [0.05, 0.1) is 11.4 Å². The molecule has 0 aliphatic rings. The number of benzene rings is 2. The van der Waals surface area contributed by atoms with Gasteiger partial charge in [-0.2, -0.15) is 5.10 Å². The first-order valence-corrected chi connectivity index (χ1v) is 9.72. The van der Waals surface area contributed by atoms with Gasteiger partial charge < -0.3 is 10.2 Å². The number of halogens is 1. The molecule has 0 aliphatic heterocycles. The van der Waals surface area contributed by atoms with E-state index in [0.717, 1.165) is 35.4 Å². The third-order valence-electron chi connectivity index (χ3n) is 4.24. The van der Waals surface area contributed by atoms with Gasteiger partial charge >= 0.3 is 0 Å². The summed E-state index contributed by atoms with van der Waals surface area (Å²) in [5.41, 5.74) is 3.14. The molecule has 1 amide bonds. The highest BCUT2D eigenvalue weighted by molar-refractivity contribution is 9.10. The minimum Gasteiger partial charge on any atom is -0.372 e. The van der Waals surface area contributed by atoms with Crippen LogP contribution in [0, 0.1) is 0 Å². The number of hydrogen-bond donors (Lipinski definition) is 1. The molecule has 0 bridgehead atoms. The summed E-state index contributed by atoms with van der Waals surface area (Å²) in [5, 5.41) is 7.12. The maximum atomic E-state index is 12.7. The lowest BCUT2D eigenvalue weighted by Gasteiger charge is -2.22. The number of amides is 1. The van der Waals surface area contributed by atoms with Gasteiger partial charge in [0.2, 0.25) is 0 Å². The highest BCUT2D eigenvalue weighted by atomic mass is 79.9. The summed E-state index contributed by atoms with van der Waals surface area (Å²) in [4.78, 5) is 19.0. The van der Waals surface area contributed by atoms with Crippen LogP contribution < -0.4 is 10.2 Å². The van der Waals surface area contributed by atoms with Crippen LogP contribution in [0.5, 0.6) is 0 Å². The van der Waals surface area contributed by atoms with Crippen molar-refractivity contribution < 1.29 is 4.79 Å². The third-order valence-corrected chi connectivity index (χ3v) is 4.74. The summed E-state index contributed by atoms with van der Waals surface area (Å²) in [6.07, 6.45) is 4.15. The van der Waals surface area contributed by atoms with Gasteiger partial charge in [0.15, 0.2) is 0 Å². The number of carbonyl (C=O) groups is 1. The molecule has 3 rings (SSSR count). The fraction of sp³-hybridized carbons (Fsp3) is 0.250. The SMILES string of the molecule is CCCN(CC)c1ccc(C(=O)Nc2cc(Br)ccc2-n2cncn2)cc1. The number of rotatable bonds is 7. The molecule has 7 heteroatoms. The fourth-order valence-electron chi connectivity index (χ4n) is 2.90. The van der Waals surface area contributed by atoms with Crippen molar-refractivity contribution in [3.63, 3.8) is 0 Å². The van der Waals surface area contributed by atoms with Crippen molar-refractivity contribution >= 4 is 33.2 Å². The summed E-state index contributed by atoms with van der Waals surface area (Å²) in [5.74, 6) is -0.167. The second-order valence-electron chi connectivity index (χ2n) is 6.08. The van der Waals surface area contributed by atoms with Crippen molar-refractivity contribution in [2.75, 3.05) is 23.3 Å². The van der Waals surface area contributed by atoms with E-state index in [-0.39, 0.29) is 5.91 Å². The number of nitrogens with one attached hydrogen (secondary N) is 1. The normalized spacial score (nSPS) is 10.6. The van der Waals surface area contributed by atoms with Gasteiger partial charge in [-0.1, -0.05) is 22.9 Å². The molecule has 0 unspecified atom stereocenters. The van der Waals surface area contributed by atoms with Crippen molar-refractivity contribution in [2.24, 2.45) is 0 Å². The van der Waals surface area contributed by atoms with Crippen LogP contribution >= 0.6 is 15.9 Å². The van der Waals surface area contributed by atoms with Crippen molar-refractivity contribution in [2.45, 2.75) is 20.3 Å². The predicted octanol–water partition coefficient (Wildman–Crippen LogP) is 4.52. The van der Waals surface area contributed by atoms with Gasteiger partial charge in [0.25, 0.3) is 5.91 Å². The number of carbonyl (C=O) groups excluding carboxylic acids is 1. The monoisotopic (exact) mass is 427 g/mol. The number of hydrogen-bond acceptors (Lipinski definition) is 4. The van der Waals surface area contributed by atoms with Gasteiger partial charge in [-0.25, -0.2) is 9.67 Å². The smallest absolute Gasteiger partial charge is 0.255 e. The van der Waals surface area contributed by atoms with E-state index in [4.69, 9.17) is 0 Å². The first-order valence-electron chi connectivity index (χ1n) is 8.93. The number of aromatic nitrogens is 3. The van der Waals surface area contributed by atoms with E-state index in [2.05, 4.69) is 50.1 Å². The Bertz CT molecular complexity index is 893. The van der Waals surface area contributed by atoms with E-state index >= 15 is 0 Å². The van der Waals surface area contributed by atoms with Crippen LogP contribution in [-0.2, 0) is 0 Å². The molecule has 27 heavy (non-hydrogen) atoms. The molecule has 1 heterocycles. The van der Waals surface area contributed by atoms with Crippen LogP contribution in [0.4, 0.5) is 11.4 Å². The molecule has 2 aromatic carbocycles. The zero-order chi connectivity index (χ0) is 19.2. The predicted molar refractivity (Wildman–Crippen MR) is 112 cm³/mol. The van der Waals surface area contributed by atoms with Crippen molar-refractivity contribution in [3.8, 4) is 5.69 Å². The van der Waals surface area contributed by atoms with Gasteiger partial charge in [0, 0.05) is 28.8 Å². The molecule has 1 N–H and O–H groups in total. The molecule has 0 spiro atoms.